The Hall–Kier alpha value is -1.62. The van der Waals surface area contributed by atoms with E-state index in [1.165, 1.54) is 18.5 Å². The van der Waals surface area contributed by atoms with Crippen molar-refractivity contribution in [2.24, 2.45) is 0 Å². The summed E-state index contributed by atoms with van der Waals surface area (Å²) in [7, 11) is 0. The van der Waals surface area contributed by atoms with Crippen molar-refractivity contribution in [1.82, 2.24) is 24.6 Å². The highest BCUT2D eigenvalue weighted by Crippen LogP contribution is 2.25. The first-order chi connectivity index (χ1) is 8.84. The molecule has 0 aliphatic carbocycles. The largest absolute Gasteiger partial charge is 0.328 e. The molecule has 18 heavy (non-hydrogen) atoms. The van der Waals surface area contributed by atoms with Gasteiger partial charge in [0.2, 0.25) is 0 Å². The first-order valence-electron chi connectivity index (χ1n) is 6.57. The van der Waals surface area contributed by atoms with Gasteiger partial charge in [0.25, 0.3) is 0 Å². The van der Waals surface area contributed by atoms with Gasteiger partial charge in [-0.3, -0.25) is 4.68 Å². The van der Waals surface area contributed by atoms with E-state index in [9.17, 15) is 0 Å². The fraction of sp³-hybridized carbons (Fsp3) is 0.538. The fourth-order valence-corrected chi connectivity index (χ4v) is 2.66. The highest BCUT2D eigenvalue weighted by atomic mass is 15.3. The van der Waals surface area contributed by atoms with Crippen molar-refractivity contribution in [1.29, 1.82) is 0 Å². The minimum atomic E-state index is 0.366. The van der Waals surface area contributed by atoms with E-state index in [0.29, 0.717) is 12.1 Å². The minimum absolute atomic E-state index is 0.366. The lowest BCUT2D eigenvalue weighted by Crippen LogP contribution is -2.20. The average molecular weight is 245 g/mol. The maximum Gasteiger partial charge on any atom is 0.0951 e. The third-order valence-electron chi connectivity index (χ3n) is 3.60. The molecule has 0 saturated carbocycles. The molecule has 1 N–H and O–H groups in total. The number of hydrogen-bond acceptors (Lipinski definition) is 3. The van der Waals surface area contributed by atoms with Crippen molar-refractivity contribution in [2.45, 2.75) is 38.4 Å². The van der Waals surface area contributed by atoms with E-state index < -0.39 is 0 Å². The third kappa shape index (κ3) is 2.18. The standard InChI is InChI=1S/C13H19N5/c1-11(9-17-7-3-6-16-17)18-10-14-8-13(18)12-4-2-5-15-12/h3,6-8,10-12,15H,2,4-5,9H2,1H3/t11?,12-/m0/s1. The Morgan fingerprint density at radius 1 is 1.56 bits per heavy atom. The molecule has 96 valence electrons. The lowest BCUT2D eigenvalue weighted by Gasteiger charge is -2.20. The molecule has 0 spiro atoms. The van der Waals surface area contributed by atoms with Crippen LogP contribution in [-0.4, -0.2) is 25.9 Å². The normalized spacial score (nSPS) is 21.3. The van der Waals surface area contributed by atoms with Crippen molar-refractivity contribution in [2.75, 3.05) is 6.54 Å². The maximum atomic E-state index is 4.31. The van der Waals surface area contributed by atoms with Gasteiger partial charge in [-0.1, -0.05) is 0 Å². The van der Waals surface area contributed by atoms with E-state index in [2.05, 4.69) is 26.9 Å². The van der Waals surface area contributed by atoms with Gasteiger partial charge in [-0.2, -0.15) is 5.10 Å². The summed E-state index contributed by atoms with van der Waals surface area (Å²) in [5.74, 6) is 0. The number of nitrogens with zero attached hydrogens (tertiary/aromatic N) is 4. The van der Waals surface area contributed by atoms with Crippen LogP contribution in [0.3, 0.4) is 0 Å². The summed E-state index contributed by atoms with van der Waals surface area (Å²) in [5, 5.41) is 7.79. The van der Waals surface area contributed by atoms with E-state index in [1.54, 1.807) is 0 Å². The highest BCUT2D eigenvalue weighted by molar-refractivity contribution is 5.08. The first-order valence-corrected chi connectivity index (χ1v) is 6.57. The molecule has 3 rings (SSSR count). The topological polar surface area (TPSA) is 47.7 Å². The van der Waals surface area contributed by atoms with E-state index >= 15 is 0 Å². The summed E-state index contributed by atoms with van der Waals surface area (Å²) < 4.78 is 4.24. The predicted molar refractivity (Wildman–Crippen MR) is 69.1 cm³/mol. The number of imidazole rings is 1. The second-order valence-electron chi connectivity index (χ2n) is 4.95. The zero-order chi connectivity index (χ0) is 12.4. The molecule has 0 aromatic carbocycles. The van der Waals surface area contributed by atoms with Crippen molar-refractivity contribution in [3.8, 4) is 0 Å². The lowest BCUT2D eigenvalue weighted by atomic mass is 10.1. The number of aromatic nitrogens is 4. The molecular formula is C13H19N5. The first kappa shape index (κ1) is 11.5. The molecule has 1 saturated heterocycles. The van der Waals surface area contributed by atoms with Gasteiger partial charge < -0.3 is 9.88 Å². The molecule has 3 heterocycles. The van der Waals surface area contributed by atoms with Gasteiger partial charge in [0, 0.05) is 24.6 Å². The van der Waals surface area contributed by atoms with Crippen LogP contribution in [-0.2, 0) is 6.54 Å². The summed E-state index contributed by atoms with van der Waals surface area (Å²) in [6.45, 7) is 4.20. The van der Waals surface area contributed by atoms with E-state index in [0.717, 1.165) is 13.1 Å². The lowest BCUT2D eigenvalue weighted by molar-refractivity contribution is 0.414. The summed E-state index contributed by atoms with van der Waals surface area (Å²) >= 11 is 0. The van der Waals surface area contributed by atoms with Gasteiger partial charge in [-0.25, -0.2) is 4.98 Å². The zero-order valence-electron chi connectivity index (χ0n) is 10.7. The van der Waals surface area contributed by atoms with Gasteiger partial charge in [-0.05, 0) is 32.4 Å². The van der Waals surface area contributed by atoms with Gasteiger partial charge in [0.15, 0.2) is 0 Å². The van der Waals surface area contributed by atoms with Crippen LogP contribution in [0.5, 0.6) is 0 Å². The Labute approximate surface area is 107 Å². The summed E-state index contributed by atoms with van der Waals surface area (Å²) in [4.78, 5) is 4.31. The number of nitrogens with one attached hydrogen (secondary N) is 1. The number of hydrogen-bond donors (Lipinski definition) is 1. The van der Waals surface area contributed by atoms with Crippen LogP contribution in [0.1, 0.15) is 37.5 Å². The Morgan fingerprint density at radius 3 is 3.22 bits per heavy atom. The summed E-state index contributed by atoms with van der Waals surface area (Å²) in [6.07, 6.45) is 10.2. The van der Waals surface area contributed by atoms with Gasteiger partial charge in [0.05, 0.1) is 24.6 Å². The third-order valence-corrected chi connectivity index (χ3v) is 3.60. The van der Waals surface area contributed by atoms with Crippen molar-refractivity contribution >= 4 is 0 Å². The monoisotopic (exact) mass is 245 g/mol. The van der Waals surface area contributed by atoms with Crippen LogP contribution in [0.4, 0.5) is 0 Å². The van der Waals surface area contributed by atoms with Crippen molar-refractivity contribution < 1.29 is 0 Å². The molecule has 1 aliphatic rings. The van der Waals surface area contributed by atoms with Gasteiger partial charge >= 0.3 is 0 Å². The summed E-state index contributed by atoms with van der Waals surface area (Å²) in [5.41, 5.74) is 1.30. The molecule has 5 nitrogen and oxygen atoms in total. The fourth-order valence-electron chi connectivity index (χ4n) is 2.66. The minimum Gasteiger partial charge on any atom is -0.328 e. The Balaban J connectivity index is 1.77. The molecular weight excluding hydrogens is 226 g/mol. The summed E-state index contributed by atoms with van der Waals surface area (Å²) in [6, 6.07) is 2.79. The molecule has 1 fully saturated rings. The number of rotatable bonds is 4. The molecule has 1 aliphatic heterocycles. The maximum absolute atomic E-state index is 4.31. The molecule has 0 radical (unpaired) electrons. The van der Waals surface area contributed by atoms with E-state index in [1.807, 2.05) is 35.7 Å². The van der Waals surface area contributed by atoms with Gasteiger partial charge in [0.1, 0.15) is 0 Å². The smallest absolute Gasteiger partial charge is 0.0951 e. The van der Waals surface area contributed by atoms with Crippen LogP contribution in [0.2, 0.25) is 0 Å². The zero-order valence-corrected chi connectivity index (χ0v) is 10.7. The second-order valence-corrected chi connectivity index (χ2v) is 4.95. The van der Waals surface area contributed by atoms with Crippen molar-refractivity contribution in [3.05, 3.63) is 36.7 Å². The quantitative estimate of drug-likeness (QED) is 0.893. The van der Waals surface area contributed by atoms with Crippen LogP contribution in [0.25, 0.3) is 0 Å². The van der Waals surface area contributed by atoms with Crippen LogP contribution < -0.4 is 5.32 Å². The predicted octanol–water partition coefficient (Wildman–Crippen LogP) is 1.77. The van der Waals surface area contributed by atoms with Crippen LogP contribution >= 0.6 is 0 Å². The molecule has 1 unspecified atom stereocenters. The van der Waals surface area contributed by atoms with Crippen LogP contribution in [0, 0.1) is 0 Å². The highest BCUT2D eigenvalue weighted by Gasteiger charge is 2.21. The molecule has 2 atom stereocenters. The van der Waals surface area contributed by atoms with Gasteiger partial charge in [-0.15, -0.1) is 0 Å². The molecule has 5 heteroatoms. The Morgan fingerprint density at radius 2 is 2.50 bits per heavy atom. The van der Waals surface area contributed by atoms with Crippen molar-refractivity contribution in [3.63, 3.8) is 0 Å². The van der Waals surface area contributed by atoms with E-state index in [4.69, 9.17) is 0 Å². The molecule has 2 aromatic rings. The van der Waals surface area contributed by atoms with E-state index in [-0.39, 0.29) is 0 Å². The molecule has 2 aromatic heterocycles. The molecule has 0 amide bonds. The SMILES string of the molecule is CC(Cn1cccn1)n1cncc1[C@@H]1CCCN1. The Kier molecular flexibility index (Phi) is 3.15. The Bertz CT molecular complexity index is 481. The second kappa shape index (κ2) is 4.94. The van der Waals surface area contributed by atoms with Crippen LogP contribution in [0.15, 0.2) is 31.0 Å². The average Bonchev–Trinajstić information content (AvgIpc) is 3.11. The molecule has 0 bridgehead atoms.